The minimum Gasteiger partial charge on any atom is -0.247 e. The van der Waals surface area contributed by atoms with Crippen molar-refractivity contribution < 1.29 is 0 Å². The molecule has 0 aliphatic carbocycles. The zero-order valence-corrected chi connectivity index (χ0v) is 9.61. The van der Waals surface area contributed by atoms with Gasteiger partial charge in [0.15, 0.2) is 0 Å². The SMILES string of the molecule is CSc1ccc(Cn2cnc(C#N)n2)cc1. The summed E-state index contributed by atoms with van der Waals surface area (Å²) < 4.78 is 1.66. The van der Waals surface area contributed by atoms with Crippen LogP contribution >= 0.6 is 11.8 Å². The van der Waals surface area contributed by atoms with Gasteiger partial charge in [0.1, 0.15) is 12.4 Å². The molecule has 1 heterocycles. The molecular formula is C11H10N4S. The Morgan fingerprint density at radius 1 is 1.38 bits per heavy atom. The second kappa shape index (κ2) is 4.81. The topological polar surface area (TPSA) is 54.5 Å². The summed E-state index contributed by atoms with van der Waals surface area (Å²) in [5.41, 5.74) is 1.15. The minimum absolute atomic E-state index is 0.209. The fraction of sp³-hybridized carbons (Fsp3) is 0.182. The van der Waals surface area contributed by atoms with Crippen LogP contribution in [0.15, 0.2) is 35.5 Å². The zero-order chi connectivity index (χ0) is 11.4. The molecule has 80 valence electrons. The molecule has 0 fully saturated rings. The average molecular weight is 230 g/mol. The van der Waals surface area contributed by atoms with E-state index in [1.54, 1.807) is 22.8 Å². The van der Waals surface area contributed by atoms with Crippen LogP contribution in [0.1, 0.15) is 11.4 Å². The molecule has 0 N–H and O–H groups in total. The van der Waals surface area contributed by atoms with Crippen molar-refractivity contribution in [3.05, 3.63) is 42.0 Å². The Kier molecular flexibility index (Phi) is 3.22. The maximum absolute atomic E-state index is 8.59. The van der Waals surface area contributed by atoms with Gasteiger partial charge in [0, 0.05) is 4.90 Å². The maximum Gasteiger partial charge on any atom is 0.252 e. The molecule has 1 aromatic heterocycles. The van der Waals surface area contributed by atoms with Crippen LogP contribution in [0.2, 0.25) is 0 Å². The van der Waals surface area contributed by atoms with E-state index in [2.05, 4.69) is 34.3 Å². The van der Waals surface area contributed by atoms with Gasteiger partial charge in [0.2, 0.25) is 0 Å². The van der Waals surface area contributed by atoms with E-state index in [1.165, 1.54) is 4.90 Å². The van der Waals surface area contributed by atoms with E-state index < -0.39 is 0 Å². The molecule has 0 atom stereocenters. The number of benzene rings is 1. The van der Waals surface area contributed by atoms with Crippen LogP contribution in [0.5, 0.6) is 0 Å². The lowest BCUT2D eigenvalue weighted by atomic mass is 10.2. The lowest BCUT2D eigenvalue weighted by Gasteiger charge is -2.01. The van der Waals surface area contributed by atoms with Crippen molar-refractivity contribution in [2.45, 2.75) is 11.4 Å². The van der Waals surface area contributed by atoms with E-state index in [4.69, 9.17) is 5.26 Å². The van der Waals surface area contributed by atoms with Crippen molar-refractivity contribution in [1.29, 1.82) is 5.26 Å². The molecule has 0 saturated carbocycles. The summed E-state index contributed by atoms with van der Waals surface area (Å²) in [5, 5.41) is 12.6. The van der Waals surface area contributed by atoms with Gasteiger partial charge in [-0.1, -0.05) is 12.1 Å². The van der Waals surface area contributed by atoms with Crippen LogP contribution < -0.4 is 0 Å². The summed E-state index contributed by atoms with van der Waals surface area (Å²) in [4.78, 5) is 5.09. The van der Waals surface area contributed by atoms with Gasteiger partial charge < -0.3 is 0 Å². The number of thioether (sulfide) groups is 1. The van der Waals surface area contributed by atoms with E-state index in [-0.39, 0.29) is 5.82 Å². The number of rotatable bonds is 3. The molecule has 0 aliphatic rings. The molecule has 0 aliphatic heterocycles. The van der Waals surface area contributed by atoms with Gasteiger partial charge in [0.05, 0.1) is 6.54 Å². The summed E-state index contributed by atoms with van der Waals surface area (Å²) in [6, 6.07) is 10.2. The number of nitrogens with zero attached hydrogens (tertiary/aromatic N) is 4. The van der Waals surface area contributed by atoms with Crippen LogP contribution in [0.25, 0.3) is 0 Å². The third-order valence-electron chi connectivity index (χ3n) is 2.14. The van der Waals surface area contributed by atoms with Gasteiger partial charge in [-0.15, -0.1) is 16.9 Å². The van der Waals surface area contributed by atoms with Crippen molar-refractivity contribution in [2.24, 2.45) is 0 Å². The largest absolute Gasteiger partial charge is 0.252 e. The number of nitriles is 1. The van der Waals surface area contributed by atoms with Gasteiger partial charge in [-0.3, -0.25) is 0 Å². The third kappa shape index (κ3) is 2.41. The van der Waals surface area contributed by atoms with E-state index in [1.807, 2.05) is 12.3 Å². The Labute approximate surface area is 97.9 Å². The lowest BCUT2D eigenvalue weighted by molar-refractivity contribution is 0.682. The second-order valence-electron chi connectivity index (χ2n) is 3.23. The first-order valence-electron chi connectivity index (χ1n) is 4.74. The predicted molar refractivity (Wildman–Crippen MR) is 62.1 cm³/mol. The smallest absolute Gasteiger partial charge is 0.247 e. The number of hydrogen-bond acceptors (Lipinski definition) is 4. The summed E-state index contributed by atoms with van der Waals surface area (Å²) in [6.45, 7) is 0.642. The highest BCUT2D eigenvalue weighted by molar-refractivity contribution is 7.98. The van der Waals surface area contributed by atoms with Crippen molar-refractivity contribution in [3.63, 3.8) is 0 Å². The molecule has 16 heavy (non-hydrogen) atoms. The van der Waals surface area contributed by atoms with E-state index in [9.17, 15) is 0 Å². The summed E-state index contributed by atoms with van der Waals surface area (Å²) >= 11 is 1.71. The van der Waals surface area contributed by atoms with Crippen LogP contribution in [0, 0.1) is 11.3 Å². The van der Waals surface area contributed by atoms with Gasteiger partial charge in [-0.25, -0.2) is 9.67 Å². The Morgan fingerprint density at radius 3 is 2.69 bits per heavy atom. The molecule has 0 amide bonds. The Morgan fingerprint density at radius 2 is 2.12 bits per heavy atom. The molecule has 0 unspecified atom stereocenters. The second-order valence-corrected chi connectivity index (χ2v) is 4.11. The Balaban J connectivity index is 2.11. The highest BCUT2D eigenvalue weighted by Gasteiger charge is 2.00. The van der Waals surface area contributed by atoms with Gasteiger partial charge in [-0.05, 0) is 24.0 Å². The Hall–Kier alpha value is -1.80. The van der Waals surface area contributed by atoms with E-state index in [0.29, 0.717) is 6.54 Å². The maximum atomic E-state index is 8.59. The molecule has 0 saturated heterocycles. The highest BCUT2D eigenvalue weighted by atomic mass is 32.2. The van der Waals surface area contributed by atoms with Crippen molar-refractivity contribution in [2.75, 3.05) is 6.26 Å². The van der Waals surface area contributed by atoms with Crippen LogP contribution in [0.3, 0.4) is 0 Å². The first kappa shape index (κ1) is 10.7. The van der Waals surface area contributed by atoms with Gasteiger partial charge in [0.25, 0.3) is 5.82 Å². The molecule has 1 aromatic carbocycles. The average Bonchev–Trinajstić information content (AvgIpc) is 2.78. The predicted octanol–water partition coefficient (Wildman–Crippen LogP) is 1.92. The molecule has 0 radical (unpaired) electrons. The van der Waals surface area contributed by atoms with Crippen molar-refractivity contribution >= 4 is 11.8 Å². The first-order chi connectivity index (χ1) is 7.81. The summed E-state index contributed by atoms with van der Waals surface area (Å²) in [5.74, 6) is 0.209. The molecule has 5 heteroatoms. The monoisotopic (exact) mass is 230 g/mol. The Bertz CT molecular complexity index is 510. The highest BCUT2D eigenvalue weighted by Crippen LogP contribution is 2.15. The van der Waals surface area contributed by atoms with Crippen LogP contribution in [0.4, 0.5) is 0 Å². The summed E-state index contributed by atoms with van der Waals surface area (Å²) in [6.07, 6.45) is 3.62. The number of aromatic nitrogens is 3. The summed E-state index contributed by atoms with van der Waals surface area (Å²) in [7, 11) is 0. The number of hydrogen-bond donors (Lipinski definition) is 0. The van der Waals surface area contributed by atoms with Crippen molar-refractivity contribution in [1.82, 2.24) is 14.8 Å². The van der Waals surface area contributed by atoms with Crippen molar-refractivity contribution in [3.8, 4) is 6.07 Å². The molecular weight excluding hydrogens is 220 g/mol. The van der Waals surface area contributed by atoms with Crippen LogP contribution in [-0.4, -0.2) is 21.0 Å². The fourth-order valence-corrected chi connectivity index (χ4v) is 1.75. The first-order valence-corrected chi connectivity index (χ1v) is 5.97. The normalized spacial score (nSPS) is 10.0. The van der Waals surface area contributed by atoms with Gasteiger partial charge >= 0.3 is 0 Å². The molecule has 2 rings (SSSR count). The lowest BCUT2D eigenvalue weighted by Crippen LogP contribution is -2.00. The van der Waals surface area contributed by atoms with E-state index >= 15 is 0 Å². The quantitative estimate of drug-likeness (QED) is 0.756. The molecule has 4 nitrogen and oxygen atoms in total. The molecule has 2 aromatic rings. The zero-order valence-electron chi connectivity index (χ0n) is 8.79. The fourth-order valence-electron chi connectivity index (χ4n) is 1.34. The third-order valence-corrected chi connectivity index (χ3v) is 2.88. The minimum atomic E-state index is 0.209. The van der Waals surface area contributed by atoms with Gasteiger partial charge in [-0.2, -0.15) is 5.26 Å². The van der Waals surface area contributed by atoms with Crippen LogP contribution in [-0.2, 0) is 6.54 Å². The molecule has 0 bridgehead atoms. The standard InChI is InChI=1S/C11H10N4S/c1-16-10-4-2-9(3-5-10)7-15-8-13-11(6-12)14-15/h2-5,8H,7H2,1H3. The van der Waals surface area contributed by atoms with E-state index in [0.717, 1.165) is 5.56 Å². The molecule has 0 spiro atoms.